The first-order valence-corrected chi connectivity index (χ1v) is 13.9. The van der Waals surface area contributed by atoms with Crippen LogP contribution in [0, 0.1) is 12.8 Å². The minimum Gasteiger partial charge on any atom is -0.491 e. The quantitative estimate of drug-likeness (QED) is 0.395. The highest BCUT2D eigenvalue weighted by Gasteiger charge is 2.52. The standard InChI is InChI=1S/C26H37N5O4S/c1-15(2)34-11-12-35-18-6-7-19(16(3)13-18)31-20-8-10-28-25-21(20)22(30-26(31)33)23(36-25)24(32)29-17-5-4-9-27-14-17/h6-7,13,15,17,20-21,25,27-28H,4-5,8-12,14H2,1-3H3,(H,29,32)(H,30,33). The number of hydrogen-bond donors (Lipinski definition) is 4. The van der Waals surface area contributed by atoms with Gasteiger partial charge in [0, 0.05) is 29.9 Å². The Morgan fingerprint density at radius 1 is 1.25 bits per heavy atom. The van der Waals surface area contributed by atoms with Crippen LogP contribution in [0.5, 0.6) is 5.75 Å². The van der Waals surface area contributed by atoms with E-state index in [9.17, 15) is 9.59 Å². The van der Waals surface area contributed by atoms with Gasteiger partial charge in [0.2, 0.25) is 0 Å². The van der Waals surface area contributed by atoms with Crippen molar-refractivity contribution in [3.8, 4) is 5.75 Å². The van der Waals surface area contributed by atoms with Gasteiger partial charge in [0.25, 0.3) is 5.91 Å². The number of benzene rings is 1. The van der Waals surface area contributed by atoms with Crippen LogP contribution in [0.1, 0.15) is 38.7 Å². The molecule has 0 bridgehead atoms. The minimum atomic E-state index is -0.180. The predicted molar refractivity (Wildman–Crippen MR) is 141 cm³/mol. The fourth-order valence-electron chi connectivity index (χ4n) is 5.56. The molecule has 3 amide bonds. The van der Waals surface area contributed by atoms with E-state index in [1.54, 1.807) is 11.8 Å². The summed E-state index contributed by atoms with van der Waals surface area (Å²) in [6, 6.07) is 5.78. The van der Waals surface area contributed by atoms with Crippen molar-refractivity contribution >= 4 is 29.4 Å². The van der Waals surface area contributed by atoms with E-state index in [1.807, 2.05) is 43.9 Å². The molecule has 4 N–H and O–H groups in total. The third-order valence-corrected chi connectivity index (χ3v) is 8.57. The molecule has 1 aromatic rings. The molecule has 4 aliphatic rings. The molecule has 4 aliphatic heterocycles. The average molecular weight is 516 g/mol. The van der Waals surface area contributed by atoms with Gasteiger partial charge in [-0.15, -0.1) is 0 Å². The summed E-state index contributed by atoms with van der Waals surface area (Å²) in [6.45, 7) is 9.60. The number of amides is 3. The molecule has 0 saturated carbocycles. The molecule has 0 radical (unpaired) electrons. The topological polar surface area (TPSA) is 104 Å². The number of piperidine rings is 2. The summed E-state index contributed by atoms with van der Waals surface area (Å²) < 4.78 is 11.4. The van der Waals surface area contributed by atoms with E-state index in [4.69, 9.17) is 9.47 Å². The lowest BCUT2D eigenvalue weighted by molar-refractivity contribution is -0.117. The number of rotatable bonds is 8. The molecule has 0 aromatic heterocycles. The second kappa shape index (κ2) is 11.0. The Kier molecular flexibility index (Phi) is 7.76. The first-order chi connectivity index (χ1) is 17.4. The number of nitrogens with one attached hydrogen (secondary N) is 4. The molecule has 196 valence electrons. The van der Waals surface area contributed by atoms with E-state index in [1.165, 1.54) is 0 Å². The maximum Gasteiger partial charge on any atom is 0.326 e. The number of nitrogens with zero attached hydrogens (tertiary/aromatic N) is 1. The highest BCUT2D eigenvalue weighted by Crippen LogP contribution is 2.48. The van der Waals surface area contributed by atoms with E-state index in [-0.39, 0.29) is 41.4 Å². The van der Waals surface area contributed by atoms with Crippen molar-refractivity contribution in [2.24, 2.45) is 5.92 Å². The van der Waals surface area contributed by atoms with Gasteiger partial charge in [-0.25, -0.2) is 4.79 Å². The monoisotopic (exact) mass is 515 g/mol. The SMILES string of the molecule is Cc1cc(OCCOC(C)C)ccc1N1C(=O)NC2=C(C(=O)NC3CCCNC3)SC3NCCC1C23. The number of ether oxygens (including phenoxy) is 2. The number of carbonyl (C=O) groups excluding carboxylic acids is 2. The van der Waals surface area contributed by atoms with Gasteiger partial charge >= 0.3 is 6.03 Å². The van der Waals surface area contributed by atoms with Gasteiger partial charge in [-0.3, -0.25) is 9.69 Å². The number of thioether (sulfide) groups is 1. The maximum absolute atomic E-state index is 13.5. The van der Waals surface area contributed by atoms with Crippen molar-refractivity contribution in [3.05, 3.63) is 34.4 Å². The van der Waals surface area contributed by atoms with E-state index < -0.39 is 0 Å². The van der Waals surface area contributed by atoms with E-state index >= 15 is 0 Å². The zero-order chi connectivity index (χ0) is 25.2. The lowest BCUT2D eigenvalue weighted by atomic mass is 9.86. The summed E-state index contributed by atoms with van der Waals surface area (Å²) in [5, 5.41) is 13.2. The van der Waals surface area contributed by atoms with Crippen molar-refractivity contribution in [1.29, 1.82) is 0 Å². The minimum absolute atomic E-state index is 0.0148. The summed E-state index contributed by atoms with van der Waals surface area (Å²) in [4.78, 5) is 29.2. The molecule has 4 unspecified atom stereocenters. The largest absolute Gasteiger partial charge is 0.491 e. The number of carbonyl (C=O) groups is 2. The van der Waals surface area contributed by atoms with Crippen molar-refractivity contribution < 1.29 is 19.1 Å². The van der Waals surface area contributed by atoms with Gasteiger partial charge in [0.1, 0.15) is 12.4 Å². The summed E-state index contributed by atoms with van der Waals surface area (Å²) in [5.41, 5.74) is 2.62. The van der Waals surface area contributed by atoms with E-state index in [2.05, 4.69) is 21.3 Å². The second-order valence-corrected chi connectivity index (χ2v) is 11.3. The van der Waals surface area contributed by atoms with Crippen molar-refractivity contribution in [1.82, 2.24) is 21.3 Å². The highest BCUT2D eigenvalue weighted by atomic mass is 32.2. The zero-order valence-electron chi connectivity index (χ0n) is 21.3. The van der Waals surface area contributed by atoms with Crippen LogP contribution < -0.4 is 30.9 Å². The lowest BCUT2D eigenvalue weighted by Crippen LogP contribution is -2.62. The van der Waals surface area contributed by atoms with Gasteiger partial charge in [-0.2, -0.15) is 0 Å². The van der Waals surface area contributed by atoms with Gasteiger partial charge in [-0.1, -0.05) is 11.8 Å². The number of hydrogen-bond acceptors (Lipinski definition) is 7. The van der Waals surface area contributed by atoms with Gasteiger partial charge < -0.3 is 30.7 Å². The molecule has 3 fully saturated rings. The Morgan fingerprint density at radius 2 is 2.11 bits per heavy atom. The first kappa shape index (κ1) is 25.4. The predicted octanol–water partition coefficient (Wildman–Crippen LogP) is 2.46. The smallest absolute Gasteiger partial charge is 0.326 e. The number of aryl methyl sites for hydroxylation is 1. The Balaban J connectivity index is 1.33. The molecular formula is C26H37N5O4S. The third kappa shape index (κ3) is 5.22. The molecule has 9 nitrogen and oxygen atoms in total. The normalized spacial score (nSPS) is 27.7. The molecule has 3 saturated heterocycles. The van der Waals surface area contributed by atoms with Crippen LogP contribution in [0.2, 0.25) is 0 Å². The van der Waals surface area contributed by atoms with Crippen LogP contribution >= 0.6 is 11.8 Å². The fourth-order valence-corrected chi connectivity index (χ4v) is 6.96. The molecule has 0 aliphatic carbocycles. The summed E-state index contributed by atoms with van der Waals surface area (Å²) in [6.07, 6.45) is 3.03. The van der Waals surface area contributed by atoms with Crippen molar-refractivity contribution in [2.45, 2.75) is 63.6 Å². The molecule has 4 heterocycles. The van der Waals surface area contributed by atoms with Crippen LogP contribution in [0.15, 0.2) is 28.8 Å². The highest BCUT2D eigenvalue weighted by molar-refractivity contribution is 8.04. The van der Waals surface area contributed by atoms with E-state index in [0.29, 0.717) is 18.1 Å². The lowest BCUT2D eigenvalue weighted by Gasteiger charge is -2.46. The molecule has 36 heavy (non-hydrogen) atoms. The summed E-state index contributed by atoms with van der Waals surface area (Å²) in [5.74, 6) is 0.721. The Labute approximate surface area is 217 Å². The van der Waals surface area contributed by atoms with Crippen molar-refractivity contribution in [2.75, 3.05) is 37.7 Å². The number of anilines is 1. The molecule has 5 rings (SSSR count). The Morgan fingerprint density at radius 3 is 2.86 bits per heavy atom. The summed E-state index contributed by atoms with van der Waals surface area (Å²) >= 11 is 1.55. The van der Waals surface area contributed by atoms with E-state index in [0.717, 1.165) is 61.6 Å². The Bertz CT molecular complexity index is 1030. The summed E-state index contributed by atoms with van der Waals surface area (Å²) in [7, 11) is 0. The Hall–Kier alpha value is -2.27. The molecule has 0 spiro atoms. The third-order valence-electron chi connectivity index (χ3n) is 7.21. The van der Waals surface area contributed by atoms with Gasteiger partial charge in [0.15, 0.2) is 0 Å². The zero-order valence-corrected chi connectivity index (χ0v) is 22.1. The molecule has 1 aromatic carbocycles. The van der Waals surface area contributed by atoms with Gasteiger partial charge in [-0.05, 0) is 76.9 Å². The van der Waals surface area contributed by atoms with Crippen LogP contribution in [0.4, 0.5) is 10.5 Å². The van der Waals surface area contributed by atoms with Crippen LogP contribution in [0.25, 0.3) is 0 Å². The number of urea groups is 1. The molecular weight excluding hydrogens is 478 g/mol. The second-order valence-electron chi connectivity index (χ2n) is 10.2. The van der Waals surface area contributed by atoms with Crippen LogP contribution in [-0.4, -0.2) is 68.3 Å². The van der Waals surface area contributed by atoms with Crippen LogP contribution in [0.3, 0.4) is 0 Å². The van der Waals surface area contributed by atoms with Crippen molar-refractivity contribution in [3.63, 3.8) is 0 Å². The average Bonchev–Trinajstić information content (AvgIpc) is 3.23. The molecule has 4 atom stereocenters. The van der Waals surface area contributed by atoms with Crippen LogP contribution in [-0.2, 0) is 9.53 Å². The first-order valence-electron chi connectivity index (χ1n) is 13.0. The molecule has 10 heteroatoms. The van der Waals surface area contributed by atoms with Gasteiger partial charge in [0.05, 0.1) is 29.0 Å². The maximum atomic E-state index is 13.5. The fraction of sp³-hybridized carbons (Fsp3) is 0.615.